The second kappa shape index (κ2) is 3.02. The molecular weight excluding hydrogens is 146 g/mol. The topological polar surface area (TPSA) is 3.24 Å². The Morgan fingerprint density at radius 2 is 1.83 bits per heavy atom. The first kappa shape index (κ1) is 8.55. The first-order chi connectivity index (χ1) is 5.72. The Morgan fingerprint density at radius 3 is 2.33 bits per heavy atom. The number of nitrogens with zero attached hydrogens (tertiary/aromatic N) is 1. The molecule has 0 bridgehead atoms. The van der Waals surface area contributed by atoms with E-state index in [9.17, 15) is 0 Å². The van der Waals surface area contributed by atoms with Crippen molar-refractivity contribution in [1.29, 1.82) is 0 Å². The molecule has 1 spiro atoms. The van der Waals surface area contributed by atoms with E-state index in [4.69, 9.17) is 0 Å². The first-order valence-electron chi connectivity index (χ1n) is 5.42. The van der Waals surface area contributed by atoms with Crippen LogP contribution in [-0.4, -0.2) is 24.5 Å². The Morgan fingerprint density at radius 1 is 1.17 bits per heavy atom. The minimum atomic E-state index is 0.742. The van der Waals surface area contributed by atoms with Gasteiger partial charge in [-0.05, 0) is 38.6 Å². The molecule has 2 fully saturated rings. The Kier molecular flexibility index (Phi) is 2.16. The van der Waals surface area contributed by atoms with Crippen molar-refractivity contribution in [2.75, 3.05) is 13.6 Å². The van der Waals surface area contributed by atoms with Gasteiger partial charge in [0.25, 0.3) is 0 Å². The summed E-state index contributed by atoms with van der Waals surface area (Å²) in [5.74, 6) is 0. The Labute approximate surface area is 76.1 Å². The van der Waals surface area contributed by atoms with Gasteiger partial charge in [-0.1, -0.05) is 19.3 Å². The molecule has 0 aromatic carbocycles. The molecule has 70 valence electrons. The lowest BCUT2D eigenvalue weighted by molar-refractivity contribution is 0.195. The van der Waals surface area contributed by atoms with Crippen molar-refractivity contribution in [1.82, 2.24) is 4.90 Å². The van der Waals surface area contributed by atoms with Crippen molar-refractivity contribution in [2.45, 2.75) is 51.5 Å². The normalized spacial score (nSPS) is 36.0. The summed E-state index contributed by atoms with van der Waals surface area (Å²) >= 11 is 0. The fourth-order valence-electron chi connectivity index (χ4n) is 3.20. The van der Waals surface area contributed by atoms with Crippen LogP contribution in [0.15, 0.2) is 0 Å². The van der Waals surface area contributed by atoms with Crippen LogP contribution in [0.4, 0.5) is 0 Å². The summed E-state index contributed by atoms with van der Waals surface area (Å²) in [7, 11) is 2.29. The van der Waals surface area contributed by atoms with E-state index in [2.05, 4.69) is 18.9 Å². The van der Waals surface area contributed by atoms with Crippen LogP contribution >= 0.6 is 0 Å². The van der Waals surface area contributed by atoms with Gasteiger partial charge in [0.05, 0.1) is 0 Å². The van der Waals surface area contributed by atoms with Crippen molar-refractivity contribution < 1.29 is 0 Å². The number of likely N-dealkylation sites (tertiary alicyclic amines) is 1. The van der Waals surface area contributed by atoms with Gasteiger partial charge in [-0.15, -0.1) is 0 Å². The van der Waals surface area contributed by atoms with E-state index in [1.54, 1.807) is 0 Å². The van der Waals surface area contributed by atoms with E-state index < -0.39 is 0 Å². The van der Waals surface area contributed by atoms with E-state index in [-0.39, 0.29) is 0 Å². The molecule has 0 aromatic heterocycles. The van der Waals surface area contributed by atoms with Crippen molar-refractivity contribution >= 4 is 0 Å². The third-order valence-electron chi connectivity index (χ3n) is 3.98. The van der Waals surface area contributed by atoms with Gasteiger partial charge in [0, 0.05) is 12.6 Å². The highest BCUT2D eigenvalue weighted by molar-refractivity contribution is 4.94. The van der Waals surface area contributed by atoms with E-state index in [0.29, 0.717) is 0 Å². The van der Waals surface area contributed by atoms with Gasteiger partial charge in [0.15, 0.2) is 0 Å². The van der Waals surface area contributed by atoms with Crippen molar-refractivity contribution in [3.63, 3.8) is 0 Å². The summed E-state index contributed by atoms with van der Waals surface area (Å²) in [4.78, 5) is 2.55. The number of hydrogen-bond donors (Lipinski definition) is 0. The molecule has 0 aromatic rings. The van der Waals surface area contributed by atoms with Crippen LogP contribution in [-0.2, 0) is 0 Å². The van der Waals surface area contributed by atoms with Gasteiger partial charge >= 0.3 is 0 Å². The Balaban J connectivity index is 2.02. The molecule has 1 unspecified atom stereocenters. The standard InChI is InChI=1S/C11H21N/c1-10-8-11(9-12(10)2)6-4-3-5-7-11/h10H,3-9H2,1-2H3. The predicted octanol–water partition coefficient (Wildman–Crippen LogP) is 2.66. The van der Waals surface area contributed by atoms with Crippen LogP contribution in [0.2, 0.25) is 0 Å². The molecule has 0 N–H and O–H groups in total. The summed E-state index contributed by atoms with van der Waals surface area (Å²) in [6.07, 6.45) is 8.92. The molecule has 1 atom stereocenters. The molecule has 1 nitrogen and oxygen atoms in total. The fraction of sp³-hybridized carbons (Fsp3) is 1.00. The van der Waals surface area contributed by atoms with E-state index in [0.717, 1.165) is 11.5 Å². The molecular formula is C11H21N. The fourth-order valence-corrected chi connectivity index (χ4v) is 3.20. The van der Waals surface area contributed by atoms with E-state index >= 15 is 0 Å². The lowest BCUT2D eigenvalue weighted by Gasteiger charge is -2.32. The minimum Gasteiger partial charge on any atom is -0.303 e. The molecule has 1 aliphatic carbocycles. The zero-order valence-electron chi connectivity index (χ0n) is 8.47. The molecule has 1 heterocycles. The maximum atomic E-state index is 2.55. The van der Waals surface area contributed by atoms with E-state index in [1.165, 1.54) is 45.1 Å². The van der Waals surface area contributed by atoms with Crippen LogP contribution in [0.1, 0.15) is 45.4 Å². The Hall–Kier alpha value is -0.0400. The molecule has 0 radical (unpaired) electrons. The van der Waals surface area contributed by atoms with Crippen LogP contribution in [0.5, 0.6) is 0 Å². The molecule has 12 heavy (non-hydrogen) atoms. The maximum absolute atomic E-state index is 2.55. The SMILES string of the molecule is CC1CC2(CCCCC2)CN1C. The van der Waals surface area contributed by atoms with Gasteiger partial charge in [-0.2, -0.15) is 0 Å². The largest absolute Gasteiger partial charge is 0.303 e. The summed E-state index contributed by atoms with van der Waals surface area (Å²) in [6, 6.07) is 0.836. The van der Waals surface area contributed by atoms with Crippen molar-refractivity contribution in [3.05, 3.63) is 0 Å². The zero-order valence-corrected chi connectivity index (χ0v) is 8.47. The summed E-state index contributed by atoms with van der Waals surface area (Å²) in [5.41, 5.74) is 0.742. The van der Waals surface area contributed by atoms with Crippen LogP contribution in [0.25, 0.3) is 0 Å². The average molecular weight is 167 g/mol. The number of rotatable bonds is 0. The third-order valence-corrected chi connectivity index (χ3v) is 3.98. The minimum absolute atomic E-state index is 0.742. The summed E-state index contributed by atoms with van der Waals surface area (Å²) in [6.45, 7) is 3.75. The lowest BCUT2D eigenvalue weighted by atomic mass is 9.73. The monoisotopic (exact) mass is 167 g/mol. The first-order valence-corrected chi connectivity index (χ1v) is 5.42. The number of hydrogen-bond acceptors (Lipinski definition) is 1. The smallest absolute Gasteiger partial charge is 0.00698 e. The molecule has 0 amide bonds. The molecule has 1 saturated heterocycles. The zero-order chi connectivity index (χ0) is 8.60. The summed E-state index contributed by atoms with van der Waals surface area (Å²) < 4.78 is 0. The van der Waals surface area contributed by atoms with E-state index in [1.807, 2.05) is 0 Å². The molecule has 1 saturated carbocycles. The Bertz CT molecular complexity index is 146. The predicted molar refractivity (Wildman–Crippen MR) is 52.2 cm³/mol. The quantitative estimate of drug-likeness (QED) is 0.536. The van der Waals surface area contributed by atoms with Crippen molar-refractivity contribution in [2.24, 2.45) is 5.41 Å². The maximum Gasteiger partial charge on any atom is 0.00698 e. The van der Waals surface area contributed by atoms with Crippen LogP contribution in [0, 0.1) is 5.41 Å². The van der Waals surface area contributed by atoms with Crippen molar-refractivity contribution in [3.8, 4) is 0 Å². The molecule has 1 heteroatoms. The van der Waals surface area contributed by atoms with Gasteiger partial charge < -0.3 is 4.90 Å². The lowest BCUT2D eigenvalue weighted by Crippen LogP contribution is -2.27. The van der Waals surface area contributed by atoms with Gasteiger partial charge in [0.1, 0.15) is 0 Å². The molecule has 1 aliphatic heterocycles. The third kappa shape index (κ3) is 1.39. The molecule has 2 rings (SSSR count). The van der Waals surface area contributed by atoms with Gasteiger partial charge in [-0.3, -0.25) is 0 Å². The second-order valence-electron chi connectivity index (χ2n) is 5.03. The van der Waals surface area contributed by atoms with Crippen LogP contribution < -0.4 is 0 Å². The highest BCUT2D eigenvalue weighted by atomic mass is 15.2. The van der Waals surface area contributed by atoms with Gasteiger partial charge in [-0.25, -0.2) is 0 Å². The summed E-state index contributed by atoms with van der Waals surface area (Å²) in [5, 5.41) is 0. The van der Waals surface area contributed by atoms with Crippen LogP contribution in [0.3, 0.4) is 0 Å². The highest BCUT2D eigenvalue weighted by Gasteiger charge is 2.40. The molecule has 2 aliphatic rings. The van der Waals surface area contributed by atoms with Gasteiger partial charge in [0.2, 0.25) is 0 Å². The highest BCUT2D eigenvalue weighted by Crippen LogP contribution is 2.45. The average Bonchev–Trinajstić information content (AvgIpc) is 2.29. The second-order valence-corrected chi connectivity index (χ2v) is 5.03.